The SMILES string of the molecule is COc1ccc(C=CC(=O)NCC(NO)C2CCN(Cc3ccccc3)CC2)cc1OC. The van der Waals surface area contributed by atoms with Crippen molar-refractivity contribution in [3.63, 3.8) is 0 Å². The number of hydrogen-bond acceptors (Lipinski definition) is 6. The summed E-state index contributed by atoms with van der Waals surface area (Å²) >= 11 is 0. The topological polar surface area (TPSA) is 83.1 Å². The molecular formula is C25H33N3O4. The van der Waals surface area contributed by atoms with E-state index in [4.69, 9.17) is 9.47 Å². The fraction of sp³-hybridized carbons (Fsp3) is 0.400. The van der Waals surface area contributed by atoms with Gasteiger partial charge in [0.15, 0.2) is 11.5 Å². The number of benzene rings is 2. The Morgan fingerprint density at radius 2 is 1.84 bits per heavy atom. The number of likely N-dealkylation sites (tertiary alicyclic amines) is 1. The van der Waals surface area contributed by atoms with Gasteiger partial charge < -0.3 is 20.0 Å². The Hall–Kier alpha value is -2.87. The summed E-state index contributed by atoms with van der Waals surface area (Å²) in [6.45, 7) is 3.27. The summed E-state index contributed by atoms with van der Waals surface area (Å²) in [6, 6.07) is 15.7. The lowest BCUT2D eigenvalue weighted by atomic mass is 9.89. The van der Waals surface area contributed by atoms with Crippen LogP contribution in [0.15, 0.2) is 54.6 Å². The molecule has 0 spiro atoms. The van der Waals surface area contributed by atoms with Crippen LogP contribution in [-0.4, -0.2) is 55.9 Å². The average molecular weight is 440 g/mol. The third-order valence-corrected chi connectivity index (χ3v) is 5.95. The van der Waals surface area contributed by atoms with E-state index >= 15 is 0 Å². The summed E-state index contributed by atoms with van der Waals surface area (Å²) in [5.74, 6) is 1.35. The van der Waals surface area contributed by atoms with Crippen LogP contribution in [0, 0.1) is 5.92 Å². The Kier molecular flexibility index (Phi) is 9.10. The van der Waals surface area contributed by atoms with E-state index in [1.165, 1.54) is 11.6 Å². The van der Waals surface area contributed by atoms with Crippen molar-refractivity contribution in [3.05, 3.63) is 65.7 Å². The van der Waals surface area contributed by atoms with Gasteiger partial charge in [0.2, 0.25) is 5.91 Å². The fourth-order valence-corrected chi connectivity index (χ4v) is 4.07. The molecule has 1 atom stereocenters. The molecule has 0 saturated carbocycles. The number of rotatable bonds is 10. The van der Waals surface area contributed by atoms with Gasteiger partial charge in [-0.3, -0.25) is 9.69 Å². The maximum atomic E-state index is 12.3. The van der Waals surface area contributed by atoms with Gasteiger partial charge in [-0.15, -0.1) is 0 Å². The van der Waals surface area contributed by atoms with Crippen LogP contribution < -0.4 is 20.3 Å². The van der Waals surface area contributed by atoms with Crippen molar-refractivity contribution in [2.24, 2.45) is 5.92 Å². The molecule has 32 heavy (non-hydrogen) atoms. The minimum Gasteiger partial charge on any atom is -0.493 e. The molecule has 1 fully saturated rings. The van der Waals surface area contributed by atoms with Crippen molar-refractivity contribution >= 4 is 12.0 Å². The van der Waals surface area contributed by atoms with E-state index < -0.39 is 0 Å². The Bertz CT molecular complexity index is 880. The largest absolute Gasteiger partial charge is 0.493 e. The van der Waals surface area contributed by atoms with E-state index in [1.807, 2.05) is 18.2 Å². The summed E-state index contributed by atoms with van der Waals surface area (Å²) in [4.78, 5) is 14.7. The molecule has 1 unspecified atom stereocenters. The first-order chi connectivity index (χ1) is 15.6. The molecule has 1 saturated heterocycles. The number of ether oxygens (including phenoxy) is 2. The van der Waals surface area contributed by atoms with Crippen LogP contribution >= 0.6 is 0 Å². The van der Waals surface area contributed by atoms with Gasteiger partial charge in [0, 0.05) is 19.2 Å². The summed E-state index contributed by atoms with van der Waals surface area (Å²) < 4.78 is 10.5. The summed E-state index contributed by atoms with van der Waals surface area (Å²) in [5, 5.41) is 12.5. The van der Waals surface area contributed by atoms with Gasteiger partial charge >= 0.3 is 0 Å². The van der Waals surface area contributed by atoms with Crippen LogP contribution in [0.25, 0.3) is 6.08 Å². The molecule has 3 N–H and O–H groups in total. The smallest absolute Gasteiger partial charge is 0.244 e. The first-order valence-corrected chi connectivity index (χ1v) is 11.0. The molecule has 0 radical (unpaired) electrons. The Morgan fingerprint density at radius 1 is 1.12 bits per heavy atom. The second kappa shape index (κ2) is 12.2. The lowest BCUT2D eigenvalue weighted by Gasteiger charge is -2.35. The van der Waals surface area contributed by atoms with Gasteiger partial charge in [0.05, 0.1) is 20.3 Å². The van der Waals surface area contributed by atoms with Crippen molar-refractivity contribution in [1.29, 1.82) is 0 Å². The number of hydroxylamine groups is 1. The molecule has 172 valence electrons. The minimum absolute atomic E-state index is 0.174. The number of nitrogens with one attached hydrogen (secondary N) is 2. The zero-order chi connectivity index (χ0) is 22.8. The molecular weight excluding hydrogens is 406 g/mol. The Morgan fingerprint density at radius 3 is 2.50 bits per heavy atom. The number of methoxy groups -OCH3 is 2. The third-order valence-electron chi connectivity index (χ3n) is 5.95. The molecule has 0 bridgehead atoms. The summed E-state index contributed by atoms with van der Waals surface area (Å²) in [6.07, 6.45) is 5.16. The number of carbonyl (C=O) groups excluding carboxylic acids is 1. The van der Waals surface area contributed by atoms with E-state index in [1.54, 1.807) is 26.4 Å². The highest BCUT2D eigenvalue weighted by Gasteiger charge is 2.26. The molecule has 7 heteroatoms. The van der Waals surface area contributed by atoms with Crippen LogP contribution in [0.1, 0.15) is 24.0 Å². The van der Waals surface area contributed by atoms with Gasteiger partial charge in [-0.2, -0.15) is 0 Å². The van der Waals surface area contributed by atoms with E-state index in [9.17, 15) is 10.0 Å². The number of hydrogen-bond donors (Lipinski definition) is 3. The summed E-state index contributed by atoms with van der Waals surface area (Å²) in [7, 11) is 3.16. The zero-order valence-corrected chi connectivity index (χ0v) is 18.8. The van der Waals surface area contributed by atoms with Crippen LogP contribution in [0.5, 0.6) is 11.5 Å². The van der Waals surface area contributed by atoms with E-state index in [-0.39, 0.29) is 11.9 Å². The number of carbonyl (C=O) groups is 1. The maximum absolute atomic E-state index is 12.3. The quantitative estimate of drug-likeness (QED) is 0.390. The van der Waals surface area contributed by atoms with Crippen LogP contribution in [-0.2, 0) is 11.3 Å². The highest BCUT2D eigenvalue weighted by molar-refractivity contribution is 5.91. The summed E-state index contributed by atoms with van der Waals surface area (Å²) in [5.41, 5.74) is 4.56. The Labute approximate surface area is 190 Å². The van der Waals surface area contributed by atoms with Crippen molar-refractivity contribution in [1.82, 2.24) is 15.7 Å². The lowest BCUT2D eigenvalue weighted by Crippen LogP contribution is -2.47. The molecule has 2 aromatic rings. The van der Waals surface area contributed by atoms with Crippen molar-refractivity contribution < 1.29 is 19.5 Å². The second-order valence-corrected chi connectivity index (χ2v) is 8.03. The molecule has 1 heterocycles. The Balaban J connectivity index is 1.45. The van der Waals surface area contributed by atoms with Crippen LogP contribution in [0.2, 0.25) is 0 Å². The third kappa shape index (κ3) is 6.82. The number of amides is 1. The normalized spacial score (nSPS) is 16.1. The predicted molar refractivity (Wildman–Crippen MR) is 125 cm³/mol. The van der Waals surface area contributed by atoms with Crippen molar-refractivity contribution in [2.45, 2.75) is 25.4 Å². The lowest BCUT2D eigenvalue weighted by molar-refractivity contribution is -0.116. The van der Waals surface area contributed by atoms with Crippen LogP contribution in [0.3, 0.4) is 0 Å². The van der Waals surface area contributed by atoms with Gasteiger partial charge in [-0.05, 0) is 61.2 Å². The zero-order valence-electron chi connectivity index (χ0n) is 18.8. The van der Waals surface area contributed by atoms with Crippen molar-refractivity contribution in [3.8, 4) is 11.5 Å². The second-order valence-electron chi connectivity index (χ2n) is 8.03. The first kappa shape index (κ1) is 23.8. The molecule has 7 nitrogen and oxygen atoms in total. The van der Waals surface area contributed by atoms with Gasteiger partial charge in [0.25, 0.3) is 0 Å². The van der Waals surface area contributed by atoms with Gasteiger partial charge in [-0.1, -0.05) is 36.4 Å². The van der Waals surface area contributed by atoms with Crippen LogP contribution in [0.4, 0.5) is 0 Å². The number of nitrogens with zero attached hydrogens (tertiary/aromatic N) is 1. The standard InChI is InChI=1S/C25H33N3O4/c1-31-23-10-8-19(16-24(23)32-2)9-11-25(29)26-17-22(27-30)21-12-14-28(15-13-21)18-20-6-4-3-5-7-20/h3-11,16,21-22,27,30H,12-15,17-18H2,1-2H3,(H,26,29). The molecule has 0 aromatic heterocycles. The van der Waals surface area contributed by atoms with E-state index in [2.05, 4.69) is 40.0 Å². The van der Waals surface area contributed by atoms with Gasteiger partial charge in [-0.25, -0.2) is 5.48 Å². The molecule has 0 aliphatic carbocycles. The first-order valence-electron chi connectivity index (χ1n) is 11.0. The molecule has 1 amide bonds. The minimum atomic E-state index is -0.207. The molecule has 1 aliphatic heterocycles. The molecule has 2 aromatic carbocycles. The average Bonchev–Trinajstić information content (AvgIpc) is 2.84. The van der Waals surface area contributed by atoms with Crippen molar-refractivity contribution in [2.75, 3.05) is 33.9 Å². The molecule has 3 rings (SSSR count). The maximum Gasteiger partial charge on any atom is 0.244 e. The predicted octanol–water partition coefficient (Wildman–Crippen LogP) is 3.09. The highest BCUT2D eigenvalue weighted by Crippen LogP contribution is 2.28. The van der Waals surface area contributed by atoms with E-state index in [0.717, 1.165) is 38.0 Å². The van der Waals surface area contributed by atoms with E-state index in [0.29, 0.717) is 24.0 Å². The molecule has 1 aliphatic rings. The fourth-order valence-electron chi connectivity index (χ4n) is 4.07. The highest BCUT2D eigenvalue weighted by atomic mass is 16.5. The number of piperidine rings is 1. The van der Waals surface area contributed by atoms with Gasteiger partial charge in [0.1, 0.15) is 0 Å². The monoisotopic (exact) mass is 439 g/mol.